The van der Waals surface area contributed by atoms with E-state index in [4.69, 9.17) is 21.1 Å². The summed E-state index contributed by atoms with van der Waals surface area (Å²) in [5.74, 6) is -0.0570. The van der Waals surface area contributed by atoms with Crippen molar-refractivity contribution < 1.29 is 13.9 Å². The molecular formula is C26H27ClFN5O2. The van der Waals surface area contributed by atoms with Crippen LogP contribution in [-0.4, -0.2) is 59.3 Å². The first-order valence-corrected chi connectivity index (χ1v) is 11.7. The van der Waals surface area contributed by atoms with Crippen molar-refractivity contribution in [2.24, 2.45) is 0 Å². The molecule has 1 N–H and O–H groups in total. The predicted octanol–water partition coefficient (Wildman–Crippen LogP) is 5.49. The molecule has 1 aliphatic rings. The van der Waals surface area contributed by atoms with Gasteiger partial charge in [0, 0.05) is 48.0 Å². The van der Waals surface area contributed by atoms with Gasteiger partial charge in [-0.25, -0.2) is 14.4 Å². The Bertz CT molecular complexity index is 1240. The summed E-state index contributed by atoms with van der Waals surface area (Å²) >= 11 is 5.91. The first-order chi connectivity index (χ1) is 17.0. The largest absolute Gasteiger partial charge is 0.490 e. The Kier molecular flexibility index (Phi) is 8.41. The van der Waals surface area contributed by atoms with Crippen LogP contribution in [0.3, 0.4) is 0 Å². The summed E-state index contributed by atoms with van der Waals surface area (Å²) in [7, 11) is 0. The van der Waals surface area contributed by atoms with Gasteiger partial charge < -0.3 is 14.8 Å². The number of rotatable bonds is 10. The third kappa shape index (κ3) is 6.63. The van der Waals surface area contributed by atoms with E-state index in [0.29, 0.717) is 29.4 Å². The van der Waals surface area contributed by atoms with E-state index in [9.17, 15) is 4.39 Å². The minimum Gasteiger partial charge on any atom is -0.490 e. The van der Waals surface area contributed by atoms with Crippen LogP contribution in [-0.2, 0) is 4.74 Å². The number of halogens is 2. The van der Waals surface area contributed by atoms with E-state index in [1.807, 2.05) is 18.2 Å². The van der Waals surface area contributed by atoms with Gasteiger partial charge in [-0.3, -0.25) is 9.88 Å². The number of aromatic nitrogens is 3. The van der Waals surface area contributed by atoms with Gasteiger partial charge in [-0.1, -0.05) is 24.8 Å². The zero-order valence-corrected chi connectivity index (χ0v) is 20.1. The Hall–Kier alpha value is -3.33. The Morgan fingerprint density at radius 1 is 1.23 bits per heavy atom. The molecule has 0 aromatic carbocycles. The molecule has 4 heterocycles. The molecule has 0 saturated carbocycles. The van der Waals surface area contributed by atoms with Crippen LogP contribution in [0.2, 0.25) is 0 Å². The summed E-state index contributed by atoms with van der Waals surface area (Å²) in [5.41, 5.74) is 2.31. The first kappa shape index (κ1) is 24.8. The Morgan fingerprint density at radius 3 is 2.83 bits per heavy atom. The molecular weight excluding hydrogens is 469 g/mol. The van der Waals surface area contributed by atoms with Gasteiger partial charge in [0.25, 0.3) is 0 Å². The monoisotopic (exact) mass is 495 g/mol. The average molecular weight is 496 g/mol. The highest BCUT2D eigenvalue weighted by Gasteiger charge is 2.15. The van der Waals surface area contributed by atoms with E-state index in [-0.39, 0.29) is 10.6 Å². The molecule has 182 valence electrons. The molecule has 0 bridgehead atoms. The molecule has 0 atom stereocenters. The van der Waals surface area contributed by atoms with E-state index in [1.165, 1.54) is 6.08 Å². The van der Waals surface area contributed by atoms with Crippen LogP contribution in [0.5, 0.6) is 5.75 Å². The standard InChI is InChI=1S/C26H27ClFN5O2/c1-18(27)15-21(19(2)28)24-16-23(20-5-3-7-30-26(20)32-24)31-22-6-8-29-17-25(22)35-12-4-9-33-10-13-34-14-11-33/h3,5-8,15-17H,1-2,4,9-14H2,(H,29,30,31,32)/b21-15+. The van der Waals surface area contributed by atoms with Gasteiger partial charge in [0.15, 0.2) is 11.4 Å². The number of pyridine rings is 3. The molecule has 9 heteroatoms. The molecule has 0 aliphatic carbocycles. The summed E-state index contributed by atoms with van der Waals surface area (Å²) in [6.45, 7) is 12.0. The van der Waals surface area contributed by atoms with Gasteiger partial charge in [-0.05, 0) is 36.8 Å². The minimum absolute atomic E-state index is 0.134. The fraction of sp³-hybridized carbons (Fsp3) is 0.269. The van der Waals surface area contributed by atoms with Crippen LogP contribution in [0.15, 0.2) is 72.9 Å². The quantitative estimate of drug-likeness (QED) is 0.294. The summed E-state index contributed by atoms with van der Waals surface area (Å²) in [6.07, 6.45) is 7.26. The van der Waals surface area contributed by atoms with Gasteiger partial charge in [0.2, 0.25) is 0 Å². The second kappa shape index (κ2) is 11.9. The highest BCUT2D eigenvalue weighted by atomic mass is 35.5. The van der Waals surface area contributed by atoms with Crippen molar-refractivity contribution in [2.45, 2.75) is 6.42 Å². The molecule has 0 spiro atoms. The van der Waals surface area contributed by atoms with Gasteiger partial charge in [0.1, 0.15) is 5.83 Å². The molecule has 3 aromatic rings. The van der Waals surface area contributed by atoms with Crippen molar-refractivity contribution in [3.05, 3.63) is 78.6 Å². The van der Waals surface area contributed by atoms with E-state index in [1.54, 1.807) is 24.7 Å². The molecule has 1 aliphatic heterocycles. The summed E-state index contributed by atoms with van der Waals surface area (Å²) in [5, 5.41) is 4.32. The van der Waals surface area contributed by atoms with Crippen LogP contribution in [0.25, 0.3) is 16.6 Å². The molecule has 0 radical (unpaired) electrons. The van der Waals surface area contributed by atoms with E-state index >= 15 is 0 Å². The fourth-order valence-corrected chi connectivity index (χ4v) is 3.89. The molecule has 0 amide bonds. The summed E-state index contributed by atoms with van der Waals surface area (Å²) in [4.78, 5) is 15.4. The molecule has 4 rings (SSSR count). The van der Waals surface area contributed by atoms with Gasteiger partial charge in [0.05, 0.1) is 43.1 Å². The number of morpholine rings is 1. The second-order valence-electron chi connectivity index (χ2n) is 7.99. The van der Waals surface area contributed by atoms with Gasteiger partial charge in [-0.2, -0.15) is 0 Å². The van der Waals surface area contributed by atoms with Crippen molar-refractivity contribution in [3.8, 4) is 5.75 Å². The lowest BCUT2D eigenvalue weighted by molar-refractivity contribution is 0.0358. The summed E-state index contributed by atoms with van der Waals surface area (Å²) < 4.78 is 25.7. The Balaban J connectivity index is 1.57. The van der Waals surface area contributed by atoms with Crippen LogP contribution in [0.4, 0.5) is 15.8 Å². The number of ether oxygens (including phenoxy) is 2. The average Bonchev–Trinajstić information content (AvgIpc) is 2.86. The van der Waals surface area contributed by atoms with Crippen LogP contribution in [0, 0.1) is 0 Å². The molecule has 1 fully saturated rings. The minimum atomic E-state index is -0.672. The van der Waals surface area contributed by atoms with Crippen molar-refractivity contribution in [3.63, 3.8) is 0 Å². The number of fused-ring (bicyclic) bond motifs is 1. The van der Waals surface area contributed by atoms with E-state index in [2.05, 4.69) is 38.3 Å². The predicted molar refractivity (Wildman–Crippen MR) is 138 cm³/mol. The summed E-state index contributed by atoms with van der Waals surface area (Å²) in [6, 6.07) is 7.25. The Labute approximate surface area is 209 Å². The SMILES string of the molecule is C=C(Cl)/C=C(\C(=C)F)c1cc(Nc2ccncc2OCCCN2CCOCC2)c2cccnc2n1. The van der Waals surface area contributed by atoms with E-state index in [0.717, 1.165) is 50.3 Å². The molecule has 0 unspecified atom stereocenters. The molecule has 35 heavy (non-hydrogen) atoms. The second-order valence-corrected chi connectivity index (χ2v) is 8.48. The van der Waals surface area contributed by atoms with Crippen molar-refractivity contribution in [1.82, 2.24) is 19.9 Å². The van der Waals surface area contributed by atoms with Gasteiger partial charge in [-0.15, -0.1) is 0 Å². The molecule has 1 saturated heterocycles. The highest BCUT2D eigenvalue weighted by molar-refractivity contribution is 6.31. The lowest BCUT2D eigenvalue weighted by atomic mass is 10.1. The van der Waals surface area contributed by atoms with Crippen LogP contribution in [0.1, 0.15) is 12.1 Å². The normalized spacial score (nSPS) is 14.6. The molecule has 3 aromatic heterocycles. The Morgan fingerprint density at radius 2 is 2.06 bits per heavy atom. The maximum absolute atomic E-state index is 14.3. The maximum atomic E-state index is 14.3. The van der Waals surface area contributed by atoms with Crippen molar-refractivity contribution in [1.29, 1.82) is 0 Å². The highest BCUT2D eigenvalue weighted by Crippen LogP contribution is 2.33. The lowest BCUT2D eigenvalue weighted by Crippen LogP contribution is -2.37. The van der Waals surface area contributed by atoms with Gasteiger partial charge >= 0.3 is 0 Å². The zero-order valence-electron chi connectivity index (χ0n) is 19.3. The van der Waals surface area contributed by atoms with Crippen LogP contribution < -0.4 is 10.1 Å². The third-order valence-electron chi connectivity index (χ3n) is 5.49. The fourth-order valence-electron chi connectivity index (χ4n) is 3.78. The third-order valence-corrected chi connectivity index (χ3v) is 5.60. The zero-order chi connectivity index (χ0) is 24.6. The number of anilines is 2. The van der Waals surface area contributed by atoms with Crippen LogP contribution >= 0.6 is 11.6 Å². The first-order valence-electron chi connectivity index (χ1n) is 11.3. The number of nitrogens with one attached hydrogen (secondary N) is 1. The van der Waals surface area contributed by atoms with Crippen molar-refractivity contribution in [2.75, 3.05) is 44.8 Å². The number of hydrogen-bond acceptors (Lipinski definition) is 7. The number of allylic oxidation sites excluding steroid dienone is 4. The lowest BCUT2D eigenvalue weighted by Gasteiger charge is -2.26. The van der Waals surface area contributed by atoms with Crippen molar-refractivity contribution >= 4 is 39.6 Å². The smallest absolute Gasteiger partial charge is 0.161 e. The number of nitrogens with zero attached hydrogens (tertiary/aromatic N) is 4. The number of hydrogen-bond donors (Lipinski definition) is 1. The topological polar surface area (TPSA) is 72.4 Å². The van der Waals surface area contributed by atoms with E-state index < -0.39 is 5.83 Å². The molecule has 7 nitrogen and oxygen atoms in total. The maximum Gasteiger partial charge on any atom is 0.161 e.